The molecule has 2 N–H and O–H groups in total. The van der Waals surface area contributed by atoms with Gasteiger partial charge in [0.25, 0.3) is 0 Å². The van der Waals surface area contributed by atoms with E-state index in [4.69, 9.17) is 5.73 Å². The molecule has 2 aromatic heterocycles. The summed E-state index contributed by atoms with van der Waals surface area (Å²) in [4.78, 5) is 17.8. The van der Waals surface area contributed by atoms with Crippen LogP contribution in [0.15, 0.2) is 53.2 Å². The van der Waals surface area contributed by atoms with Crippen LogP contribution < -0.4 is 10.6 Å². The number of hydrogen-bond acceptors (Lipinski definition) is 5. The van der Waals surface area contributed by atoms with E-state index < -0.39 is 0 Å². The van der Waals surface area contributed by atoms with Gasteiger partial charge in [-0.2, -0.15) is 0 Å². The van der Waals surface area contributed by atoms with Crippen LogP contribution in [0.1, 0.15) is 17.0 Å². The van der Waals surface area contributed by atoms with Crippen molar-refractivity contribution in [2.24, 2.45) is 10.7 Å². The molecule has 1 aromatic carbocycles. The van der Waals surface area contributed by atoms with Gasteiger partial charge in [-0.25, -0.2) is 15.0 Å². The minimum atomic E-state index is 0.593. The predicted molar refractivity (Wildman–Crippen MR) is 114 cm³/mol. The molecule has 0 amide bonds. The molecule has 8 heteroatoms. The Labute approximate surface area is 169 Å². The van der Waals surface area contributed by atoms with Crippen molar-refractivity contribution in [3.63, 3.8) is 0 Å². The average Bonchev–Trinajstić information content (AvgIpc) is 3.39. The van der Waals surface area contributed by atoms with Gasteiger partial charge < -0.3 is 20.1 Å². The maximum atomic E-state index is 6.26. The van der Waals surface area contributed by atoms with Gasteiger partial charge in [0, 0.05) is 56.7 Å². The van der Waals surface area contributed by atoms with Gasteiger partial charge >= 0.3 is 0 Å². The lowest BCUT2D eigenvalue weighted by atomic mass is 10.1. The maximum Gasteiger partial charge on any atom is 0.191 e. The number of hydrogen-bond donors (Lipinski definition) is 1. The van der Waals surface area contributed by atoms with E-state index in [0.717, 1.165) is 43.7 Å². The number of nitrogens with zero attached hydrogens (tertiary/aromatic N) is 6. The summed E-state index contributed by atoms with van der Waals surface area (Å²) in [6, 6.07) is 8.50. The zero-order valence-corrected chi connectivity index (χ0v) is 16.8. The van der Waals surface area contributed by atoms with E-state index in [0.29, 0.717) is 12.5 Å². The van der Waals surface area contributed by atoms with Crippen LogP contribution in [-0.2, 0) is 13.1 Å². The van der Waals surface area contributed by atoms with Gasteiger partial charge in [0.15, 0.2) is 11.1 Å². The lowest BCUT2D eigenvalue weighted by Gasteiger charge is -2.35. The van der Waals surface area contributed by atoms with E-state index in [1.165, 1.54) is 11.1 Å². The fourth-order valence-corrected chi connectivity index (χ4v) is 4.06. The van der Waals surface area contributed by atoms with Crippen molar-refractivity contribution in [2.45, 2.75) is 20.0 Å². The summed E-state index contributed by atoms with van der Waals surface area (Å²) in [7, 11) is 0. The standard InChI is InChI=1S/C20H25N7S/c1-16-22-5-7-27(16)15-18-4-2-3-17(13-18)14-24-19(21)25-8-10-26(11-9-25)20-23-6-12-28-20/h2-7,12-13H,8-11,14-15H2,1H3,(H2,21,24). The highest BCUT2D eigenvalue weighted by Crippen LogP contribution is 2.18. The van der Waals surface area contributed by atoms with Gasteiger partial charge in [-0.15, -0.1) is 11.3 Å². The number of anilines is 1. The van der Waals surface area contributed by atoms with Crippen LogP contribution in [0.3, 0.4) is 0 Å². The summed E-state index contributed by atoms with van der Waals surface area (Å²) >= 11 is 1.68. The fourth-order valence-electron chi connectivity index (χ4n) is 3.37. The van der Waals surface area contributed by atoms with Gasteiger partial charge in [-0.3, -0.25) is 0 Å². The fraction of sp³-hybridized carbons (Fsp3) is 0.350. The summed E-state index contributed by atoms with van der Waals surface area (Å²) in [5.41, 5.74) is 8.67. The molecular weight excluding hydrogens is 370 g/mol. The van der Waals surface area contributed by atoms with Crippen molar-refractivity contribution in [1.29, 1.82) is 0 Å². The van der Waals surface area contributed by atoms with Gasteiger partial charge in [0.05, 0.1) is 6.54 Å². The van der Waals surface area contributed by atoms with Crippen LogP contribution in [0.4, 0.5) is 5.13 Å². The molecule has 4 rings (SSSR count). The van der Waals surface area contributed by atoms with Crippen LogP contribution in [0, 0.1) is 6.92 Å². The Hall–Kier alpha value is -2.87. The molecular formula is C20H25N7S. The Morgan fingerprint density at radius 2 is 1.96 bits per heavy atom. The smallest absolute Gasteiger partial charge is 0.191 e. The molecule has 1 aliphatic rings. The Bertz CT molecular complexity index is 924. The summed E-state index contributed by atoms with van der Waals surface area (Å²) < 4.78 is 2.14. The molecule has 0 spiro atoms. The van der Waals surface area contributed by atoms with Crippen molar-refractivity contribution >= 4 is 22.4 Å². The Morgan fingerprint density at radius 3 is 2.68 bits per heavy atom. The number of imidazole rings is 1. The number of piperazine rings is 1. The number of aryl methyl sites for hydroxylation is 1. The minimum absolute atomic E-state index is 0.593. The normalized spacial score (nSPS) is 15.2. The number of nitrogens with two attached hydrogens (primary N) is 1. The molecule has 0 bridgehead atoms. The highest BCUT2D eigenvalue weighted by Gasteiger charge is 2.19. The van der Waals surface area contributed by atoms with Gasteiger partial charge in [0.1, 0.15) is 5.82 Å². The van der Waals surface area contributed by atoms with E-state index >= 15 is 0 Å². The van der Waals surface area contributed by atoms with Gasteiger partial charge in [-0.1, -0.05) is 24.3 Å². The van der Waals surface area contributed by atoms with Crippen LogP contribution in [-0.4, -0.2) is 51.6 Å². The predicted octanol–water partition coefficient (Wildman–Crippen LogP) is 2.33. The highest BCUT2D eigenvalue weighted by atomic mass is 32.1. The molecule has 0 unspecified atom stereocenters. The first-order valence-corrected chi connectivity index (χ1v) is 10.3. The first-order valence-electron chi connectivity index (χ1n) is 9.44. The molecule has 7 nitrogen and oxygen atoms in total. The zero-order valence-electron chi connectivity index (χ0n) is 16.0. The number of benzene rings is 1. The van der Waals surface area contributed by atoms with E-state index in [2.05, 4.69) is 53.6 Å². The largest absolute Gasteiger partial charge is 0.370 e. The van der Waals surface area contributed by atoms with Crippen LogP contribution in [0.25, 0.3) is 0 Å². The third-order valence-electron chi connectivity index (χ3n) is 4.99. The van der Waals surface area contributed by atoms with Crippen molar-refractivity contribution in [3.8, 4) is 0 Å². The molecule has 0 saturated carbocycles. The van der Waals surface area contributed by atoms with Crippen LogP contribution >= 0.6 is 11.3 Å². The van der Waals surface area contributed by atoms with Crippen molar-refractivity contribution in [2.75, 3.05) is 31.1 Å². The SMILES string of the molecule is Cc1nccn1Cc1cccc(CN=C(N)N2CCN(c3nccs3)CC2)c1. The molecule has 3 heterocycles. The summed E-state index contributed by atoms with van der Waals surface area (Å²) in [5, 5.41) is 3.10. The van der Waals surface area contributed by atoms with E-state index in [1.54, 1.807) is 11.3 Å². The molecule has 0 atom stereocenters. The zero-order chi connectivity index (χ0) is 19.3. The Morgan fingerprint density at radius 1 is 1.14 bits per heavy atom. The Kier molecular flexibility index (Phi) is 5.57. The van der Waals surface area contributed by atoms with E-state index in [-0.39, 0.29) is 0 Å². The molecule has 1 fully saturated rings. The second-order valence-corrected chi connectivity index (χ2v) is 7.76. The average molecular weight is 396 g/mol. The number of thiazole rings is 1. The minimum Gasteiger partial charge on any atom is -0.370 e. The van der Waals surface area contributed by atoms with Gasteiger partial charge in [-0.05, 0) is 18.1 Å². The third kappa shape index (κ3) is 4.33. The van der Waals surface area contributed by atoms with Crippen molar-refractivity contribution in [3.05, 3.63) is 65.2 Å². The summed E-state index contributed by atoms with van der Waals surface area (Å²) in [6.45, 7) is 7.01. The van der Waals surface area contributed by atoms with Gasteiger partial charge in [0.2, 0.25) is 0 Å². The maximum absolute atomic E-state index is 6.26. The van der Waals surface area contributed by atoms with E-state index in [9.17, 15) is 0 Å². The molecule has 3 aromatic rings. The number of rotatable bonds is 5. The molecule has 1 saturated heterocycles. The highest BCUT2D eigenvalue weighted by molar-refractivity contribution is 7.13. The van der Waals surface area contributed by atoms with Crippen molar-refractivity contribution < 1.29 is 0 Å². The second-order valence-electron chi connectivity index (χ2n) is 6.89. The first-order chi connectivity index (χ1) is 13.7. The quantitative estimate of drug-likeness (QED) is 0.530. The number of aliphatic imine (C=N–C) groups is 1. The molecule has 0 radical (unpaired) electrons. The third-order valence-corrected chi connectivity index (χ3v) is 5.82. The number of guanidine groups is 1. The lowest BCUT2D eigenvalue weighted by molar-refractivity contribution is 0.380. The lowest BCUT2D eigenvalue weighted by Crippen LogP contribution is -2.51. The molecule has 0 aliphatic carbocycles. The first kappa shape index (κ1) is 18.5. The van der Waals surface area contributed by atoms with Crippen LogP contribution in [0.5, 0.6) is 0 Å². The molecule has 28 heavy (non-hydrogen) atoms. The second kappa shape index (κ2) is 8.43. The number of aromatic nitrogens is 3. The van der Waals surface area contributed by atoms with Crippen molar-refractivity contribution in [1.82, 2.24) is 19.4 Å². The Balaban J connectivity index is 1.34. The topological polar surface area (TPSA) is 75.6 Å². The summed E-state index contributed by atoms with van der Waals surface area (Å²) in [5.74, 6) is 1.64. The van der Waals surface area contributed by atoms with E-state index in [1.807, 2.05) is 30.9 Å². The monoisotopic (exact) mass is 395 g/mol. The summed E-state index contributed by atoms with van der Waals surface area (Å²) in [6.07, 6.45) is 5.69. The van der Waals surface area contributed by atoms with Crippen LogP contribution in [0.2, 0.25) is 0 Å². The molecule has 146 valence electrons. The molecule has 1 aliphatic heterocycles.